The van der Waals surface area contributed by atoms with E-state index in [1.54, 1.807) is 55.4 Å². The molecule has 29 heavy (non-hydrogen) atoms. The van der Waals surface area contributed by atoms with Crippen LogP contribution in [-0.2, 0) is 22.7 Å². The highest BCUT2D eigenvalue weighted by Crippen LogP contribution is 2.17. The molecule has 0 aliphatic carbocycles. The van der Waals surface area contributed by atoms with Gasteiger partial charge in [-0.2, -0.15) is 0 Å². The standard InChI is InChI=1S/C22H23N3O4/c1-23-21(28)17-7-3-15(4-8-17)13-24(2)22(29)18-9-5-16(6-10-18)14-25-19(26)11-12-20(25)27/h3-10H,11-14H2,1-2H3,(H,23,28). The number of rotatable bonds is 6. The Labute approximate surface area is 169 Å². The first kappa shape index (κ1) is 20.3. The third kappa shape index (κ3) is 4.68. The van der Waals surface area contributed by atoms with Crippen LogP contribution in [-0.4, -0.2) is 47.5 Å². The second-order valence-electron chi connectivity index (χ2n) is 7.01. The Morgan fingerprint density at radius 1 is 0.897 bits per heavy atom. The number of hydrogen-bond acceptors (Lipinski definition) is 4. The van der Waals surface area contributed by atoms with E-state index in [4.69, 9.17) is 0 Å². The Bertz CT molecular complexity index is 920. The maximum absolute atomic E-state index is 12.7. The quantitative estimate of drug-likeness (QED) is 0.760. The van der Waals surface area contributed by atoms with Crippen molar-refractivity contribution in [3.63, 3.8) is 0 Å². The highest BCUT2D eigenvalue weighted by Gasteiger charge is 2.28. The Morgan fingerprint density at radius 2 is 1.41 bits per heavy atom. The molecule has 2 aromatic rings. The van der Waals surface area contributed by atoms with E-state index in [-0.39, 0.29) is 43.0 Å². The number of imide groups is 1. The smallest absolute Gasteiger partial charge is 0.253 e. The fourth-order valence-electron chi connectivity index (χ4n) is 3.21. The molecule has 0 radical (unpaired) electrons. The molecule has 0 bridgehead atoms. The summed E-state index contributed by atoms with van der Waals surface area (Å²) in [5.74, 6) is -0.603. The molecule has 1 N–H and O–H groups in total. The zero-order chi connectivity index (χ0) is 21.0. The Morgan fingerprint density at radius 3 is 1.97 bits per heavy atom. The van der Waals surface area contributed by atoms with Crippen LogP contribution in [0.5, 0.6) is 0 Å². The maximum atomic E-state index is 12.7. The van der Waals surface area contributed by atoms with Crippen molar-refractivity contribution >= 4 is 23.6 Å². The van der Waals surface area contributed by atoms with Crippen LogP contribution in [0.2, 0.25) is 0 Å². The van der Waals surface area contributed by atoms with Gasteiger partial charge >= 0.3 is 0 Å². The minimum atomic E-state index is -0.155. The summed E-state index contributed by atoms with van der Waals surface area (Å²) < 4.78 is 0. The molecule has 1 fully saturated rings. The summed E-state index contributed by atoms with van der Waals surface area (Å²) in [6, 6.07) is 14.0. The molecular weight excluding hydrogens is 370 g/mol. The SMILES string of the molecule is CNC(=O)c1ccc(CN(C)C(=O)c2ccc(CN3C(=O)CCC3=O)cc2)cc1. The number of hydrogen-bond donors (Lipinski definition) is 1. The van der Waals surface area contributed by atoms with Gasteiger partial charge in [0.25, 0.3) is 11.8 Å². The van der Waals surface area contributed by atoms with E-state index >= 15 is 0 Å². The van der Waals surface area contributed by atoms with Gasteiger partial charge in [-0.15, -0.1) is 0 Å². The second-order valence-corrected chi connectivity index (χ2v) is 7.01. The number of carbonyl (C=O) groups is 4. The predicted molar refractivity (Wildman–Crippen MR) is 107 cm³/mol. The fraction of sp³-hybridized carbons (Fsp3) is 0.273. The van der Waals surface area contributed by atoms with Gasteiger partial charge in [0.1, 0.15) is 0 Å². The summed E-state index contributed by atoms with van der Waals surface area (Å²) in [5.41, 5.74) is 2.81. The molecule has 0 atom stereocenters. The molecule has 4 amide bonds. The topological polar surface area (TPSA) is 86.8 Å². The monoisotopic (exact) mass is 393 g/mol. The molecular formula is C22H23N3O4. The van der Waals surface area contributed by atoms with Crippen molar-refractivity contribution < 1.29 is 19.2 Å². The Kier molecular flexibility index (Phi) is 6.07. The van der Waals surface area contributed by atoms with Gasteiger partial charge in [-0.3, -0.25) is 24.1 Å². The summed E-state index contributed by atoms with van der Waals surface area (Å²) in [5, 5.41) is 2.57. The number of amides is 4. The third-order valence-corrected chi connectivity index (χ3v) is 4.91. The van der Waals surface area contributed by atoms with E-state index in [2.05, 4.69) is 5.32 Å². The van der Waals surface area contributed by atoms with Crippen molar-refractivity contribution in [1.82, 2.24) is 15.1 Å². The molecule has 1 saturated heterocycles. The van der Waals surface area contributed by atoms with Crippen molar-refractivity contribution in [2.24, 2.45) is 0 Å². The maximum Gasteiger partial charge on any atom is 0.253 e. The zero-order valence-electron chi connectivity index (χ0n) is 16.5. The predicted octanol–water partition coefficient (Wildman–Crippen LogP) is 1.97. The number of nitrogens with one attached hydrogen (secondary N) is 1. The van der Waals surface area contributed by atoms with Crippen LogP contribution in [0.15, 0.2) is 48.5 Å². The van der Waals surface area contributed by atoms with Gasteiger partial charge in [0, 0.05) is 44.6 Å². The fourth-order valence-corrected chi connectivity index (χ4v) is 3.21. The lowest BCUT2D eigenvalue weighted by molar-refractivity contribution is -0.139. The minimum absolute atomic E-state index is 0.139. The van der Waals surface area contributed by atoms with Crippen LogP contribution in [0.3, 0.4) is 0 Å². The number of nitrogens with zero attached hydrogens (tertiary/aromatic N) is 2. The van der Waals surface area contributed by atoms with Gasteiger partial charge < -0.3 is 10.2 Å². The lowest BCUT2D eigenvalue weighted by atomic mass is 10.1. The first-order chi connectivity index (χ1) is 13.9. The zero-order valence-corrected chi connectivity index (χ0v) is 16.5. The third-order valence-electron chi connectivity index (χ3n) is 4.91. The average Bonchev–Trinajstić information content (AvgIpc) is 3.05. The van der Waals surface area contributed by atoms with Gasteiger partial charge in [0.15, 0.2) is 0 Å². The van der Waals surface area contributed by atoms with E-state index in [1.807, 2.05) is 12.1 Å². The molecule has 2 aromatic carbocycles. The van der Waals surface area contributed by atoms with Gasteiger partial charge in [-0.05, 0) is 35.4 Å². The van der Waals surface area contributed by atoms with Crippen molar-refractivity contribution in [1.29, 1.82) is 0 Å². The second kappa shape index (κ2) is 8.68. The molecule has 0 unspecified atom stereocenters. The van der Waals surface area contributed by atoms with Crippen LogP contribution in [0, 0.1) is 0 Å². The van der Waals surface area contributed by atoms with Crippen molar-refractivity contribution in [3.8, 4) is 0 Å². The van der Waals surface area contributed by atoms with Crippen molar-refractivity contribution in [2.45, 2.75) is 25.9 Å². The largest absolute Gasteiger partial charge is 0.355 e. The van der Waals surface area contributed by atoms with Gasteiger partial charge in [0.05, 0.1) is 6.54 Å². The van der Waals surface area contributed by atoms with E-state index in [1.165, 1.54) is 4.90 Å². The first-order valence-corrected chi connectivity index (χ1v) is 9.37. The molecule has 1 aliphatic rings. The van der Waals surface area contributed by atoms with Crippen LogP contribution in [0.4, 0.5) is 0 Å². The van der Waals surface area contributed by atoms with E-state index in [0.29, 0.717) is 17.7 Å². The number of likely N-dealkylation sites (tertiary alicyclic amines) is 1. The number of carbonyl (C=O) groups excluding carboxylic acids is 4. The molecule has 3 rings (SSSR count). The molecule has 0 aromatic heterocycles. The molecule has 7 nitrogen and oxygen atoms in total. The molecule has 1 aliphatic heterocycles. The highest BCUT2D eigenvalue weighted by atomic mass is 16.2. The first-order valence-electron chi connectivity index (χ1n) is 9.37. The van der Waals surface area contributed by atoms with Crippen molar-refractivity contribution in [3.05, 3.63) is 70.8 Å². The molecule has 1 heterocycles. The van der Waals surface area contributed by atoms with Crippen LogP contribution < -0.4 is 5.32 Å². The molecule has 0 spiro atoms. The molecule has 7 heteroatoms. The lowest BCUT2D eigenvalue weighted by Gasteiger charge is -2.18. The van der Waals surface area contributed by atoms with Crippen LogP contribution in [0.25, 0.3) is 0 Å². The summed E-state index contributed by atoms with van der Waals surface area (Å²) >= 11 is 0. The van der Waals surface area contributed by atoms with E-state index in [9.17, 15) is 19.2 Å². The van der Waals surface area contributed by atoms with Crippen molar-refractivity contribution in [2.75, 3.05) is 14.1 Å². The normalized spacial score (nSPS) is 13.5. The van der Waals surface area contributed by atoms with Crippen LogP contribution >= 0.6 is 0 Å². The Hall–Kier alpha value is -3.48. The van der Waals surface area contributed by atoms with Gasteiger partial charge in [-0.1, -0.05) is 24.3 Å². The summed E-state index contributed by atoms with van der Waals surface area (Å²) in [7, 11) is 3.29. The summed E-state index contributed by atoms with van der Waals surface area (Å²) in [6.07, 6.45) is 0.536. The van der Waals surface area contributed by atoms with E-state index in [0.717, 1.165) is 11.1 Å². The molecule has 0 saturated carbocycles. The van der Waals surface area contributed by atoms with E-state index < -0.39 is 0 Å². The average molecular weight is 393 g/mol. The summed E-state index contributed by atoms with van der Waals surface area (Å²) in [6.45, 7) is 0.644. The van der Waals surface area contributed by atoms with Gasteiger partial charge in [0.2, 0.25) is 11.8 Å². The number of benzene rings is 2. The minimum Gasteiger partial charge on any atom is -0.355 e. The van der Waals surface area contributed by atoms with Gasteiger partial charge in [-0.25, -0.2) is 0 Å². The molecule has 150 valence electrons. The Balaban J connectivity index is 1.61. The highest BCUT2D eigenvalue weighted by molar-refractivity contribution is 6.01. The van der Waals surface area contributed by atoms with Crippen LogP contribution in [0.1, 0.15) is 44.7 Å². The lowest BCUT2D eigenvalue weighted by Crippen LogP contribution is -2.28. The summed E-state index contributed by atoms with van der Waals surface area (Å²) in [4.78, 5) is 50.6.